The summed E-state index contributed by atoms with van der Waals surface area (Å²) in [5, 5.41) is 7.57. The largest absolute Gasteiger partial charge is 0.397 e. The molecule has 0 spiro atoms. The van der Waals surface area contributed by atoms with Gasteiger partial charge in [-0.1, -0.05) is 30.3 Å². The summed E-state index contributed by atoms with van der Waals surface area (Å²) < 4.78 is 31.6. The molecule has 0 saturated carbocycles. The molecule has 9 heteroatoms. The molecule has 1 aromatic rings. The summed E-state index contributed by atoms with van der Waals surface area (Å²) >= 11 is 0. The number of aliphatic imine (C=N–C) groups is 1. The Labute approximate surface area is 118 Å². The maximum Gasteiger partial charge on any atom is 0.394 e. The van der Waals surface area contributed by atoms with Gasteiger partial charge in [0.05, 0.1) is 0 Å². The summed E-state index contributed by atoms with van der Waals surface area (Å²) in [6.45, 7) is 2.59. The maximum absolute atomic E-state index is 8.74. The van der Waals surface area contributed by atoms with Gasteiger partial charge in [0.25, 0.3) is 0 Å². The fourth-order valence-electron chi connectivity index (χ4n) is 0.959. The molecule has 0 amide bonds. The summed E-state index contributed by atoms with van der Waals surface area (Å²) in [6.07, 6.45) is 0.888. The smallest absolute Gasteiger partial charge is 0.394 e. The molecule has 8 nitrogen and oxygen atoms in total. The summed E-state index contributed by atoms with van der Waals surface area (Å²) in [7, 11) is -4.67. The molecule has 0 heterocycles. The molecule has 0 radical (unpaired) electrons. The Kier molecular flexibility index (Phi) is 12.8. The number of guanidine groups is 1. The first-order valence-electron chi connectivity index (χ1n) is 5.60. The van der Waals surface area contributed by atoms with Gasteiger partial charge >= 0.3 is 10.4 Å². The highest BCUT2D eigenvalue weighted by atomic mass is 32.3. The molecule has 0 fully saturated rings. The lowest BCUT2D eigenvalue weighted by Crippen LogP contribution is -2.23. The van der Waals surface area contributed by atoms with Crippen LogP contribution >= 0.6 is 0 Å². The van der Waals surface area contributed by atoms with Crippen LogP contribution in [-0.4, -0.2) is 41.7 Å². The van der Waals surface area contributed by atoms with Gasteiger partial charge < -0.3 is 16.6 Å². The van der Waals surface area contributed by atoms with E-state index in [9.17, 15) is 0 Å². The van der Waals surface area contributed by atoms with Crippen LogP contribution in [0.1, 0.15) is 12.5 Å². The third kappa shape index (κ3) is 25.2. The van der Waals surface area contributed by atoms with Crippen LogP contribution in [0.5, 0.6) is 0 Å². The molecule has 1 rings (SSSR count). The van der Waals surface area contributed by atoms with Gasteiger partial charge in [-0.15, -0.1) is 0 Å². The van der Waals surface area contributed by atoms with Crippen molar-refractivity contribution >= 4 is 16.4 Å². The lowest BCUT2D eigenvalue weighted by atomic mass is 10.2. The Morgan fingerprint density at radius 1 is 1.20 bits per heavy atom. The number of hydrogen-bond acceptors (Lipinski definition) is 4. The Bertz CT molecular complexity index is 450. The van der Waals surface area contributed by atoms with Gasteiger partial charge in [-0.25, -0.2) is 0 Å². The van der Waals surface area contributed by atoms with E-state index >= 15 is 0 Å². The first-order chi connectivity index (χ1) is 9.20. The molecule has 0 unspecified atom stereocenters. The van der Waals surface area contributed by atoms with Crippen molar-refractivity contribution < 1.29 is 22.6 Å². The van der Waals surface area contributed by atoms with E-state index in [0.717, 1.165) is 6.42 Å². The minimum atomic E-state index is -4.67. The molecule has 0 aliphatic heterocycles. The Balaban J connectivity index is 0. The number of nitrogens with zero attached hydrogens (tertiary/aromatic N) is 1. The number of hydrogen-bond donors (Lipinski definition) is 5. The molecule has 7 N–H and O–H groups in total. The molecule has 1 aromatic carbocycles. The third-order valence-electron chi connectivity index (χ3n) is 1.54. The normalized spacial score (nSPS) is 9.40. The Hall–Kier alpha value is -1.68. The topological polar surface area (TPSA) is 159 Å². The number of nitrogens with two attached hydrogens (primary N) is 2. The van der Waals surface area contributed by atoms with Crippen molar-refractivity contribution in [1.82, 2.24) is 0 Å². The van der Waals surface area contributed by atoms with Gasteiger partial charge in [0.2, 0.25) is 0 Å². The van der Waals surface area contributed by atoms with Crippen LogP contribution in [0.15, 0.2) is 35.3 Å². The summed E-state index contributed by atoms with van der Waals surface area (Å²) in [6, 6.07) is 10.1. The molecule has 0 aromatic heterocycles. The number of aliphatic hydroxyl groups excluding tert-OH is 1. The Morgan fingerprint density at radius 3 is 1.95 bits per heavy atom. The van der Waals surface area contributed by atoms with Crippen molar-refractivity contribution in [2.45, 2.75) is 13.3 Å². The number of aliphatic hydroxyl groups is 1. The van der Waals surface area contributed by atoms with Crippen molar-refractivity contribution in [1.29, 1.82) is 0 Å². The van der Waals surface area contributed by atoms with E-state index < -0.39 is 10.4 Å². The zero-order chi connectivity index (χ0) is 16.0. The molecule has 0 bridgehead atoms. The van der Waals surface area contributed by atoms with Gasteiger partial charge in [-0.05, 0) is 18.9 Å². The summed E-state index contributed by atoms with van der Waals surface area (Å²) in [4.78, 5) is 3.89. The van der Waals surface area contributed by atoms with E-state index in [0.29, 0.717) is 6.54 Å². The quantitative estimate of drug-likeness (QED) is 0.295. The van der Waals surface area contributed by atoms with Crippen molar-refractivity contribution in [3.05, 3.63) is 35.9 Å². The monoisotopic (exact) mass is 307 g/mol. The standard InChI is InChI=1S/C9H13N3.C2H6O.H2O4S/c10-9(11)12-7-6-8-4-2-1-3-5-8;1-2-3;1-5(2,3)4/h1-5H,6-7H2,(H4,10,11,12);3H,2H2,1H3;(H2,1,2,3,4). The van der Waals surface area contributed by atoms with Gasteiger partial charge in [0.1, 0.15) is 0 Å². The second-order valence-corrected chi connectivity index (χ2v) is 4.20. The highest BCUT2D eigenvalue weighted by molar-refractivity contribution is 7.79. The minimum Gasteiger partial charge on any atom is -0.397 e. The van der Waals surface area contributed by atoms with Crippen LogP contribution in [0.25, 0.3) is 0 Å². The molecular weight excluding hydrogens is 286 g/mol. The van der Waals surface area contributed by atoms with Crippen molar-refractivity contribution in [3.8, 4) is 0 Å². The lowest BCUT2D eigenvalue weighted by Gasteiger charge is -1.96. The molecule has 20 heavy (non-hydrogen) atoms. The van der Waals surface area contributed by atoms with E-state index in [2.05, 4.69) is 17.1 Å². The lowest BCUT2D eigenvalue weighted by molar-refractivity contribution is 0.318. The predicted molar refractivity (Wildman–Crippen MR) is 77.8 cm³/mol. The maximum atomic E-state index is 8.74. The van der Waals surface area contributed by atoms with Crippen LogP contribution < -0.4 is 11.5 Å². The van der Waals surface area contributed by atoms with Crippen LogP contribution in [-0.2, 0) is 16.8 Å². The average Bonchev–Trinajstić information content (AvgIpc) is 2.28. The molecule has 0 aliphatic carbocycles. The summed E-state index contributed by atoms with van der Waals surface area (Å²) in [5.74, 6) is 0.158. The van der Waals surface area contributed by atoms with Gasteiger partial charge in [0.15, 0.2) is 5.96 Å². The minimum absolute atomic E-state index is 0.158. The molecule has 116 valence electrons. The van der Waals surface area contributed by atoms with Crippen molar-refractivity contribution in [2.75, 3.05) is 13.2 Å². The molecule has 0 saturated heterocycles. The first-order valence-corrected chi connectivity index (χ1v) is 7.00. The van der Waals surface area contributed by atoms with Crippen LogP contribution in [0.4, 0.5) is 0 Å². The third-order valence-corrected chi connectivity index (χ3v) is 1.54. The van der Waals surface area contributed by atoms with Gasteiger partial charge in [0, 0.05) is 13.2 Å². The van der Waals surface area contributed by atoms with E-state index in [1.54, 1.807) is 6.92 Å². The zero-order valence-corrected chi connectivity index (χ0v) is 12.0. The van der Waals surface area contributed by atoms with E-state index in [1.807, 2.05) is 18.2 Å². The molecule has 0 aliphatic rings. The van der Waals surface area contributed by atoms with E-state index in [1.165, 1.54) is 5.56 Å². The van der Waals surface area contributed by atoms with Crippen LogP contribution in [0, 0.1) is 0 Å². The van der Waals surface area contributed by atoms with Gasteiger partial charge in [-0.3, -0.25) is 14.1 Å². The fourth-order valence-corrected chi connectivity index (χ4v) is 0.959. The van der Waals surface area contributed by atoms with E-state index in [-0.39, 0.29) is 12.6 Å². The number of benzene rings is 1. The fraction of sp³-hybridized carbons (Fsp3) is 0.364. The second kappa shape index (κ2) is 12.4. The Morgan fingerprint density at radius 2 is 1.60 bits per heavy atom. The predicted octanol–water partition coefficient (Wildman–Crippen LogP) is -0.152. The number of rotatable bonds is 3. The van der Waals surface area contributed by atoms with Crippen molar-refractivity contribution in [2.24, 2.45) is 16.5 Å². The average molecular weight is 307 g/mol. The highest BCUT2D eigenvalue weighted by Gasteiger charge is 1.88. The first kappa shape index (κ1) is 20.6. The van der Waals surface area contributed by atoms with Gasteiger partial charge in [-0.2, -0.15) is 8.42 Å². The van der Waals surface area contributed by atoms with Crippen LogP contribution in [0.3, 0.4) is 0 Å². The van der Waals surface area contributed by atoms with E-state index in [4.69, 9.17) is 34.1 Å². The van der Waals surface area contributed by atoms with Crippen molar-refractivity contribution in [3.63, 3.8) is 0 Å². The highest BCUT2D eigenvalue weighted by Crippen LogP contribution is 1.98. The zero-order valence-electron chi connectivity index (χ0n) is 11.2. The second-order valence-electron chi connectivity index (χ2n) is 3.31. The summed E-state index contributed by atoms with van der Waals surface area (Å²) in [5.41, 5.74) is 11.6. The molecule has 0 atom stereocenters. The van der Waals surface area contributed by atoms with Crippen LogP contribution in [0.2, 0.25) is 0 Å². The SMILES string of the molecule is CCO.NC(N)=NCCc1ccccc1.O=S(=O)(O)O. The molecular formula is C11H21N3O5S.